The van der Waals surface area contributed by atoms with Gasteiger partial charge in [0, 0.05) is 13.1 Å². The first-order valence-corrected chi connectivity index (χ1v) is 6.71. The molecule has 0 fully saturated rings. The van der Waals surface area contributed by atoms with Crippen molar-refractivity contribution < 1.29 is 4.74 Å². The standard InChI is InChI=1S/C15H26N2O/c1-12(2)13-5-6-15(18-4)14(11-13)7-8-17-10-9-16-3/h5-6,11-12,16-17H,7-10H2,1-4H3. The Morgan fingerprint density at radius 2 is 1.94 bits per heavy atom. The zero-order valence-corrected chi connectivity index (χ0v) is 12.0. The van der Waals surface area contributed by atoms with Crippen LogP contribution in [0.1, 0.15) is 30.9 Å². The molecule has 3 heteroatoms. The third-order valence-corrected chi connectivity index (χ3v) is 3.09. The van der Waals surface area contributed by atoms with E-state index < -0.39 is 0 Å². The van der Waals surface area contributed by atoms with E-state index in [1.54, 1.807) is 7.11 Å². The van der Waals surface area contributed by atoms with Crippen LogP contribution in [0.4, 0.5) is 0 Å². The minimum Gasteiger partial charge on any atom is -0.496 e. The molecule has 0 unspecified atom stereocenters. The fourth-order valence-electron chi connectivity index (χ4n) is 1.91. The number of hydrogen-bond acceptors (Lipinski definition) is 3. The highest BCUT2D eigenvalue weighted by atomic mass is 16.5. The van der Waals surface area contributed by atoms with Gasteiger partial charge in [-0.1, -0.05) is 26.0 Å². The second-order valence-electron chi connectivity index (χ2n) is 4.83. The summed E-state index contributed by atoms with van der Waals surface area (Å²) in [7, 11) is 3.71. The summed E-state index contributed by atoms with van der Waals surface area (Å²) in [6.45, 7) is 7.43. The molecule has 0 radical (unpaired) electrons. The first-order valence-electron chi connectivity index (χ1n) is 6.71. The lowest BCUT2D eigenvalue weighted by Crippen LogP contribution is -2.26. The first kappa shape index (κ1) is 15.0. The van der Waals surface area contributed by atoms with Crippen LogP contribution in [-0.2, 0) is 6.42 Å². The molecular formula is C15H26N2O. The third kappa shape index (κ3) is 4.67. The van der Waals surface area contributed by atoms with Crippen LogP contribution in [-0.4, -0.2) is 33.8 Å². The van der Waals surface area contributed by atoms with Crippen LogP contribution >= 0.6 is 0 Å². The van der Waals surface area contributed by atoms with Gasteiger partial charge in [0.1, 0.15) is 5.75 Å². The van der Waals surface area contributed by atoms with Crippen molar-refractivity contribution >= 4 is 0 Å². The summed E-state index contributed by atoms with van der Waals surface area (Å²) >= 11 is 0. The van der Waals surface area contributed by atoms with Crippen molar-refractivity contribution in [1.82, 2.24) is 10.6 Å². The quantitative estimate of drug-likeness (QED) is 0.694. The number of likely N-dealkylation sites (N-methyl/N-ethyl adjacent to an activating group) is 1. The molecule has 0 aliphatic rings. The molecule has 2 N–H and O–H groups in total. The second kappa shape index (κ2) is 8.11. The molecule has 0 heterocycles. The maximum atomic E-state index is 5.42. The zero-order valence-electron chi connectivity index (χ0n) is 12.0. The van der Waals surface area contributed by atoms with Crippen LogP contribution in [0.25, 0.3) is 0 Å². The Kier molecular flexibility index (Phi) is 6.76. The van der Waals surface area contributed by atoms with Crippen molar-refractivity contribution in [3.8, 4) is 5.75 Å². The summed E-state index contributed by atoms with van der Waals surface area (Å²) in [6, 6.07) is 6.50. The lowest BCUT2D eigenvalue weighted by atomic mass is 9.99. The summed E-state index contributed by atoms with van der Waals surface area (Å²) in [5.74, 6) is 1.56. The number of methoxy groups -OCH3 is 1. The van der Waals surface area contributed by atoms with Gasteiger partial charge in [-0.25, -0.2) is 0 Å². The molecule has 18 heavy (non-hydrogen) atoms. The van der Waals surface area contributed by atoms with Crippen molar-refractivity contribution in [2.24, 2.45) is 0 Å². The average molecular weight is 250 g/mol. The van der Waals surface area contributed by atoms with Crippen molar-refractivity contribution in [1.29, 1.82) is 0 Å². The molecular weight excluding hydrogens is 224 g/mol. The van der Waals surface area contributed by atoms with E-state index >= 15 is 0 Å². The average Bonchev–Trinajstić information content (AvgIpc) is 2.38. The van der Waals surface area contributed by atoms with E-state index in [0.717, 1.165) is 31.8 Å². The molecule has 1 aromatic carbocycles. The number of ether oxygens (including phenoxy) is 1. The van der Waals surface area contributed by atoms with Crippen LogP contribution in [0.5, 0.6) is 5.75 Å². The molecule has 0 aliphatic carbocycles. The number of rotatable bonds is 8. The molecule has 0 saturated heterocycles. The number of benzene rings is 1. The number of nitrogens with one attached hydrogen (secondary N) is 2. The summed E-state index contributed by atoms with van der Waals surface area (Å²) in [5, 5.41) is 6.54. The Morgan fingerprint density at radius 1 is 1.17 bits per heavy atom. The Morgan fingerprint density at radius 3 is 2.56 bits per heavy atom. The van der Waals surface area contributed by atoms with Gasteiger partial charge in [-0.05, 0) is 43.1 Å². The second-order valence-corrected chi connectivity index (χ2v) is 4.83. The minimum absolute atomic E-state index is 0.562. The van der Waals surface area contributed by atoms with Crippen molar-refractivity contribution in [2.75, 3.05) is 33.8 Å². The first-order chi connectivity index (χ1) is 8.69. The van der Waals surface area contributed by atoms with Gasteiger partial charge in [-0.3, -0.25) is 0 Å². The van der Waals surface area contributed by atoms with Crippen molar-refractivity contribution in [3.05, 3.63) is 29.3 Å². The van der Waals surface area contributed by atoms with E-state index in [0.29, 0.717) is 5.92 Å². The Hall–Kier alpha value is -1.06. The van der Waals surface area contributed by atoms with Crippen LogP contribution in [0.15, 0.2) is 18.2 Å². The number of hydrogen-bond donors (Lipinski definition) is 2. The minimum atomic E-state index is 0.562. The molecule has 102 valence electrons. The van der Waals surface area contributed by atoms with Gasteiger partial charge < -0.3 is 15.4 Å². The zero-order chi connectivity index (χ0) is 13.4. The van der Waals surface area contributed by atoms with E-state index in [1.807, 2.05) is 7.05 Å². The summed E-state index contributed by atoms with van der Waals surface area (Å²) in [6.07, 6.45) is 1.01. The fourth-order valence-corrected chi connectivity index (χ4v) is 1.91. The van der Waals surface area contributed by atoms with E-state index in [2.05, 4.69) is 42.7 Å². The third-order valence-electron chi connectivity index (χ3n) is 3.09. The lowest BCUT2D eigenvalue weighted by molar-refractivity contribution is 0.409. The van der Waals surface area contributed by atoms with E-state index in [9.17, 15) is 0 Å². The largest absolute Gasteiger partial charge is 0.496 e. The highest BCUT2D eigenvalue weighted by Crippen LogP contribution is 2.24. The molecule has 0 atom stereocenters. The maximum Gasteiger partial charge on any atom is 0.122 e. The van der Waals surface area contributed by atoms with Gasteiger partial charge in [-0.15, -0.1) is 0 Å². The van der Waals surface area contributed by atoms with Gasteiger partial charge >= 0.3 is 0 Å². The Labute approximate surface area is 111 Å². The van der Waals surface area contributed by atoms with E-state index in [-0.39, 0.29) is 0 Å². The summed E-state index contributed by atoms with van der Waals surface area (Å²) < 4.78 is 5.42. The van der Waals surface area contributed by atoms with E-state index in [1.165, 1.54) is 11.1 Å². The molecule has 3 nitrogen and oxygen atoms in total. The van der Waals surface area contributed by atoms with Gasteiger partial charge in [0.05, 0.1) is 7.11 Å². The van der Waals surface area contributed by atoms with Gasteiger partial charge in [0.2, 0.25) is 0 Å². The summed E-state index contributed by atoms with van der Waals surface area (Å²) in [4.78, 5) is 0. The molecule has 0 amide bonds. The maximum absolute atomic E-state index is 5.42. The topological polar surface area (TPSA) is 33.3 Å². The van der Waals surface area contributed by atoms with Crippen LogP contribution in [0, 0.1) is 0 Å². The molecule has 0 aliphatic heterocycles. The fraction of sp³-hybridized carbons (Fsp3) is 0.600. The van der Waals surface area contributed by atoms with Gasteiger partial charge in [-0.2, -0.15) is 0 Å². The molecule has 1 aromatic rings. The molecule has 1 rings (SSSR count). The van der Waals surface area contributed by atoms with Crippen LogP contribution < -0.4 is 15.4 Å². The van der Waals surface area contributed by atoms with Crippen LogP contribution in [0.2, 0.25) is 0 Å². The predicted octanol–water partition coefficient (Wildman–Crippen LogP) is 2.17. The van der Waals surface area contributed by atoms with Crippen molar-refractivity contribution in [3.63, 3.8) is 0 Å². The molecule has 0 saturated carbocycles. The monoisotopic (exact) mass is 250 g/mol. The smallest absolute Gasteiger partial charge is 0.122 e. The SMILES string of the molecule is CNCCNCCc1cc(C(C)C)ccc1OC. The van der Waals surface area contributed by atoms with Gasteiger partial charge in [0.25, 0.3) is 0 Å². The Balaban J connectivity index is 2.58. The predicted molar refractivity (Wildman–Crippen MR) is 77.6 cm³/mol. The Bertz CT molecular complexity index is 350. The summed E-state index contributed by atoms with van der Waals surface area (Å²) in [5.41, 5.74) is 2.67. The highest BCUT2D eigenvalue weighted by molar-refractivity contribution is 5.38. The van der Waals surface area contributed by atoms with Gasteiger partial charge in [0.15, 0.2) is 0 Å². The molecule has 0 bridgehead atoms. The van der Waals surface area contributed by atoms with E-state index in [4.69, 9.17) is 4.74 Å². The lowest BCUT2D eigenvalue weighted by Gasteiger charge is -2.13. The normalized spacial score (nSPS) is 10.9. The van der Waals surface area contributed by atoms with Crippen molar-refractivity contribution in [2.45, 2.75) is 26.2 Å². The highest BCUT2D eigenvalue weighted by Gasteiger charge is 2.06. The molecule has 0 spiro atoms. The molecule has 0 aromatic heterocycles. The van der Waals surface area contributed by atoms with Crippen LogP contribution in [0.3, 0.4) is 0 Å².